The van der Waals surface area contributed by atoms with E-state index in [2.05, 4.69) is 5.10 Å². The van der Waals surface area contributed by atoms with Crippen molar-refractivity contribution in [2.45, 2.75) is 13.5 Å². The summed E-state index contributed by atoms with van der Waals surface area (Å²) < 4.78 is 1.58. The summed E-state index contributed by atoms with van der Waals surface area (Å²) in [6, 6.07) is 6.81. The molecule has 2 N–H and O–H groups in total. The minimum absolute atomic E-state index is 0.165. The van der Waals surface area contributed by atoms with Crippen LogP contribution in [0.15, 0.2) is 30.5 Å². The maximum atomic E-state index is 12.3. The molecule has 1 aromatic heterocycles. The summed E-state index contributed by atoms with van der Waals surface area (Å²) >= 11 is 5.97. The summed E-state index contributed by atoms with van der Waals surface area (Å²) in [5.41, 5.74) is 7.12. The van der Waals surface area contributed by atoms with Crippen LogP contribution < -0.4 is 5.73 Å². The fraction of sp³-hybridized carbons (Fsp3) is 0.167. The number of carbonyl (C=O) groups excluding carboxylic acids is 1. The third-order valence-electron chi connectivity index (χ3n) is 2.46. The zero-order chi connectivity index (χ0) is 12.4. The topological polar surface area (TPSA) is 60.9 Å². The van der Waals surface area contributed by atoms with Crippen LogP contribution in [0.5, 0.6) is 0 Å². The molecule has 17 heavy (non-hydrogen) atoms. The van der Waals surface area contributed by atoms with Crippen LogP contribution in [0.1, 0.15) is 23.0 Å². The Morgan fingerprint density at radius 2 is 2.29 bits per heavy atom. The van der Waals surface area contributed by atoms with E-state index < -0.39 is 0 Å². The lowest BCUT2D eigenvalue weighted by atomic mass is 10.1. The van der Waals surface area contributed by atoms with Gasteiger partial charge in [0, 0.05) is 17.8 Å². The number of aryl methyl sites for hydroxylation is 1. The fourth-order valence-corrected chi connectivity index (χ4v) is 1.87. The number of aromatic nitrogens is 2. The second-order valence-electron chi connectivity index (χ2n) is 3.61. The minimum Gasteiger partial charge on any atom is -0.399 e. The van der Waals surface area contributed by atoms with E-state index in [1.807, 2.05) is 6.92 Å². The van der Waals surface area contributed by atoms with Crippen molar-refractivity contribution in [2.24, 2.45) is 0 Å². The Hall–Kier alpha value is -1.81. The third-order valence-corrected chi connectivity index (χ3v) is 2.73. The van der Waals surface area contributed by atoms with Crippen LogP contribution in [-0.2, 0) is 6.54 Å². The Morgan fingerprint density at radius 3 is 2.94 bits per heavy atom. The van der Waals surface area contributed by atoms with Crippen LogP contribution in [0, 0.1) is 0 Å². The lowest BCUT2D eigenvalue weighted by molar-refractivity contribution is 0.102. The van der Waals surface area contributed by atoms with Crippen molar-refractivity contribution in [2.75, 3.05) is 5.73 Å². The third kappa shape index (κ3) is 2.17. The Balaban J connectivity index is 2.47. The summed E-state index contributed by atoms with van der Waals surface area (Å²) in [7, 11) is 0. The molecule has 0 radical (unpaired) electrons. The minimum atomic E-state index is -0.165. The summed E-state index contributed by atoms with van der Waals surface area (Å²) in [6.07, 6.45) is 1.48. The molecule has 1 aromatic carbocycles. The molecular weight excluding hydrogens is 238 g/mol. The quantitative estimate of drug-likeness (QED) is 0.671. The van der Waals surface area contributed by atoms with Gasteiger partial charge < -0.3 is 5.73 Å². The maximum Gasteiger partial charge on any atom is 0.212 e. The molecular formula is C12H12ClN3O. The SMILES string of the molecule is CCn1ncc(Cl)c1C(=O)c1cccc(N)c1. The molecule has 0 unspecified atom stereocenters. The van der Waals surface area contributed by atoms with Crippen LogP contribution in [-0.4, -0.2) is 15.6 Å². The lowest BCUT2D eigenvalue weighted by Crippen LogP contribution is -2.11. The van der Waals surface area contributed by atoms with Crippen molar-refractivity contribution in [1.82, 2.24) is 9.78 Å². The van der Waals surface area contributed by atoms with Gasteiger partial charge in [0.2, 0.25) is 5.78 Å². The number of hydrogen-bond donors (Lipinski definition) is 1. The highest BCUT2D eigenvalue weighted by Crippen LogP contribution is 2.20. The van der Waals surface area contributed by atoms with Crippen molar-refractivity contribution >= 4 is 23.1 Å². The van der Waals surface area contributed by atoms with Crippen LogP contribution in [0.2, 0.25) is 5.02 Å². The lowest BCUT2D eigenvalue weighted by Gasteiger charge is -2.05. The number of halogens is 1. The molecule has 2 aromatic rings. The Labute approximate surface area is 104 Å². The molecule has 0 aliphatic carbocycles. The number of hydrogen-bond acceptors (Lipinski definition) is 3. The largest absolute Gasteiger partial charge is 0.399 e. The predicted molar refractivity (Wildman–Crippen MR) is 67.2 cm³/mol. The van der Waals surface area contributed by atoms with Gasteiger partial charge in [0.25, 0.3) is 0 Å². The standard InChI is InChI=1S/C12H12ClN3O/c1-2-16-11(10(13)7-15-16)12(17)8-4-3-5-9(14)6-8/h3-7H,2,14H2,1H3. The summed E-state index contributed by atoms with van der Waals surface area (Å²) in [5.74, 6) is -0.165. The summed E-state index contributed by atoms with van der Waals surface area (Å²) in [6.45, 7) is 2.50. The molecule has 0 spiro atoms. The van der Waals surface area contributed by atoms with Gasteiger partial charge in [0.1, 0.15) is 5.69 Å². The van der Waals surface area contributed by atoms with Crippen LogP contribution in [0.3, 0.4) is 0 Å². The van der Waals surface area contributed by atoms with E-state index in [-0.39, 0.29) is 5.78 Å². The van der Waals surface area contributed by atoms with Gasteiger partial charge in [-0.2, -0.15) is 5.10 Å². The van der Waals surface area contributed by atoms with E-state index in [0.717, 1.165) is 0 Å². The number of nitrogens with zero attached hydrogens (tertiary/aromatic N) is 2. The molecule has 5 heteroatoms. The van der Waals surface area contributed by atoms with E-state index >= 15 is 0 Å². The van der Waals surface area contributed by atoms with Crippen LogP contribution in [0.4, 0.5) is 5.69 Å². The zero-order valence-electron chi connectivity index (χ0n) is 9.35. The highest BCUT2D eigenvalue weighted by atomic mass is 35.5. The van der Waals surface area contributed by atoms with E-state index in [9.17, 15) is 4.79 Å². The normalized spacial score (nSPS) is 10.5. The number of nitrogens with two attached hydrogens (primary N) is 1. The summed E-state index contributed by atoms with van der Waals surface area (Å²) in [5, 5.41) is 4.40. The second kappa shape index (κ2) is 4.59. The van der Waals surface area contributed by atoms with Crippen molar-refractivity contribution in [3.05, 3.63) is 46.7 Å². The molecule has 4 nitrogen and oxygen atoms in total. The maximum absolute atomic E-state index is 12.3. The zero-order valence-corrected chi connectivity index (χ0v) is 10.1. The van der Waals surface area contributed by atoms with Gasteiger partial charge >= 0.3 is 0 Å². The van der Waals surface area contributed by atoms with Gasteiger partial charge in [-0.05, 0) is 19.1 Å². The molecule has 0 atom stereocenters. The van der Waals surface area contributed by atoms with Crippen molar-refractivity contribution in [3.8, 4) is 0 Å². The van der Waals surface area contributed by atoms with Crippen molar-refractivity contribution < 1.29 is 4.79 Å². The van der Waals surface area contributed by atoms with Crippen LogP contribution >= 0.6 is 11.6 Å². The fourth-order valence-electron chi connectivity index (χ4n) is 1.64. The first kappa shape index (κ1) is 11.7. The first-order chi connectivity index (χ1) is 8.13. The smallest absolute Gasteiger partial charge is 0.212 e. The molecule has 0 fully saturated rings. The van der Waals surface area contributed by atoms with Gasteiger partial charge in [-0.1, -0.05) is 23.7 Å². The van der Waals surface area contributed by atoms with Crippen LogP contribution in [0.25, 0.3) is 0 Å². The van der Waals surface area contributed by atoms with Gasteiger partial charge in [0.15, 0.2) is 0 Å². The monoisotopic (exact) mass is 249 g/mol. The Bertz CT molecular complexity index is 563. The number of carbonyl (C=O) groups is 1. The molecule has 88 valence electrons. The highest BCUT2D eigenvalue weighted by molar-refractivity contribution is 6.34. The van der Waals surface area contributed by atoms with Gasteiger partial charge in [-0.25, -0.2) is 0 Å². The van der Waals surface area contributed by atoms with Crippen molar-refractivity contribution in [1.29, 1.82) is 0 Å². The number of rotatable bonds is 3. The van der Waals surface area contributed by atoms with E-state index in [0.29, 0.717) is 28.5 Å². The average molecular weight is 250 g/mol. The molecule has 0 amide bonds. The number of nitrogen functional groups attached to an aromatic ring is 1. The first-order valence-corrected chi connectivity index (χ1v) is 5.62. The number of ketones is 1. The summed E-state index contributed by atoms with van der Waals surface area (Å²) in [4.78, 5) is 12.3. The molecule has 0 aliphatic heterocycles. The molecule has 0 aliphatic rings. The molecule has 2 rings (SSSR count). The predicted octanol–water partition coefficient (Wildman–Crippen LogP) is 2.37. The van der Waals surface area contributed by atoms with E-state index in [4.69, 9.17) is 17.3 Å². The van der Waals surface area contributed by atoms with Gasteiger partial charge in [-0.3, -0.25) is 9.48 Å². The molecule has 0 bridgehead atoms. The second-order valence-corrected chi connectivity index (χ2v) is 4.02. The van der Waals surface area contributed by atoms with Gasteiger partial charge in [-0.15, -0.1) is 0 Å². The number of anilines is 1. The van der Waals surface area contributed by atoms with Gasteiger partial charge in [0.05, 0.1) is 11.2 Å². The highest BCUT2D eigenvalue weighted by Gasteiger charge is 2.18. The molecule has 0 saturated carbocycles. The first-order valence-electron chi connectivity index (χ1n) is 5.25. The van der Waals surface area contributed by atoms with Crippen molar-refractivity contribution in [3.63, 3.8) is 0 Å². The average Bonchev–Trinajstić information content (AvgIpc) is 2.69. The molecule has 0 saturated heterocycles. The Morgan fingerprint density at radius 1 is 1.53 bits per heavy atom. The van der Waals surface area contributed by atoms with E-state index in [1.54, 1.807) is 28.9 Å². The Kier molecular flexibility index (Phi) is 3.15. The van der Waals surface area contributed by atoms with E-state index in [1.165, 1.54) is 6.20 Å². The number of benzene rings is 1. The molecule has 1 heterocycles.